The topological polar surface area (TPSA) is 26.3 Å². The van der Waals surface area contributed by atoms with E-state index in [9.17, 15) is 4.79 Å². The highest BCUT2D eigenvalue weighted by molar-refractivity contribution is 5.93. The Hall–Kier alpha value is -2.09. The minimum atomic E-state index is -1.99. The van der Waals surface area contributed by atoms with Crippen molar-refractivity contribution in [2.24, 2.45) is 0 Å². The summed E-state index contributed by atoms with van der Waals surface area (Å²) in [7, 11) is 1.16. The fraction of sp³-hybridized carbons (Fsp3) is 0.133. The molecule has 3 rings (SSSR count). The molecule has 0 fully saturated rings. The number of hydrogen-bond donors (Lipinski definition) is 0. The highest BCUT2D eigenvalue weighted by atomic mass is 16.5. The Bertz CT molecular complexity index is 818. The lowest BCUT2D eigenvalue weighted by Crippen LogP contribution is -2.12. The summed E-state index contributed by atoms with van der Waals surface area (Å²) in [5, 5.41) is 0. The molecule has 0 heterocycles. The van der Waals surface area contributed by atoms with E-state index in [-0.39, 0.29) is 29.3 Å². The summed E-state index contributed by atoms with van der Waals surface area (Å²) in [6.07, 6.45) is 0. The largest absolute Gasteiger partial charge is 0.468 e. The number of esters is 1. The summed E-state index contributed by atoms with van der Waals surface area (Å²) < 4.78 is 45.2. The first-order chi connectivity index (χ1) is 10.4. The summed E-state index contributed by atoms with van der Waals surface area (Å²) in [6.45, 7) is 0. The van der Waals surface area contributed by atoms with Crippen LogP contribution >= 0.6 is 0 Å². The first kappa shape index (κ1) is 6.01. The Morgan fingerprint density at radius 3 is 2.82 bits per heavy atom. The number of carbonyl (C=O) groups is 1. The van der Waals surface area contributed by atoms with E-state index in [0.717, 1.165) is 7.11 Å². The van der Waals surface area contributed by atoms with Crippen molar-refractivity contribution in [2.75, 3.05) is 7.11 Å². The van der Waals surface area contributed by atoms with Crippen LogP contribution in [0.1, 0.15) is 23.9 Å². The SMILES string of the molecule is [2H]c1c([2H])c([2H])c2c(c1[2H])-c1ccccc1C2([2H])C(=O)OC. The van der Waals surface area contributed by atoms with Crippen LogP contribution in [0.3, 0.4) is 0 Å². The quantitative estimate of drug-likeness (QED) is 0.703. The number of benzene rings is 2. The molecule has 0 amide bonds. The van der Waals surface area contributed by atoms with Gasteiger partial charge in [0.2, 0.25) is 0 Å². The van der Waals surface area contributed by atoms with Gasteiger partial charge in [-0.15, -0.1) is 0 Å². The summed E-state index contributed by atoms with van der Waals surface area (Å²) in [6, 6.07) is 5.11. The number of carbonyl (C=O) groups excluding carboxylic acids is 1. The lowest BCUT2D eigenvalue weighted by Gasteiger charge is -2.10. The first-order valence-electron chi connectivity index (χ1n) is 7.64. The molecule has 2 nitrogen and oxygen atoms in total. The molecule has 1 aliphatic carbocycles. The summed E-state index contributed by atoms with van der Waals surface area (Å²) >= 11 is 0. The molecule has 0 saturated carbocycles. The lowest BCUT2D eigenvalue weighted by atomic mass is 9.97. The molecule has 0 aromatic heterocycles. The Morgan fingerprint density at radius 1 is 1.24 bits per heavy atom. The summed E-state index contributed by atoms with van der Waals surface area (Å²) in [4.78, 5) is 12.3. The van der Waals surface area contributed by atoms with E-state index in [4.69, 9.17) is 11.6 Å². The summed E-state index contributed by atoms with van der Waals surface area (Å²) in [5.74, 6) is -2.86. The van der Waals surface area contributed by atoms with E-state index in [2.05, 4.69) is 0 Å². The van der Waals surface area contributed by atoms with Gasteiger partial charge in [0.1, 0.15) is 5.89 Å². The molecule has 2 aromatic rings. The number of rotatable bonds is 1. The van der Waals surface area contributed by atoms with Crippen LogP contribution < -0.4 is 0 Å². The van der Waals surface area contributed by atoms with Gasteiger partial charge in [0.15, 0.2) is 0 Å². The predicted molar refractivity (Wildman–Crippen MR) is 65.7 cm³/mol. The summed E-state index contributed by atoms with van der Waals surface area (Å²) in [5.41, 5.74) is 0.919. The number of ether oxygens (including phenoxy) is 1. The van der Waals surface area contributed by atoms with Crippen LogP contribution in [-0.2, 0) is 9.53 Å². The van der Waals surface area contributed by atoms with Gasteiger partial charge in [0.05, 0.1) is 14.0 Å². The minimum Gasteiger partial charge on any atom is -0.468 e. The van der Waals surface area contributed by atoms with Gasteiger partial charge < -0.3 is 4.74 Å². The molecule has 84 valence electrons. The molecule has 2 heteroatoms. The average molecular weight is 229 g/mol. The van der Waals surface area contributed by atoms with E-state index in [0.29, 0.717) is 11.1 Å². The number of hydrogen-bond acceptors (Lipinski definition) is 2. The second-order valence-electron chi connectivity index (χ2n) is 3.66. The zero-order chi connectivity index (χ0) is 16.2. The highest BCUT2D eigenvalue weighted by Crippen LogP contribution is 2.44. The van der Waals surface area contributed by atoms with Gasteiger partial charge in [0, 0.05) is 0 Å². The van der Waals surface area contributed by atoms with Crippen LogP contribution in [0.4, 0.5) is 0 Å². The number of fused-ring (bicyclic) bond motifs is 3. The Labute approximate surface area is 107 Å². The molecule has 0 N–H and O–H groups in total. The van der Waals surface area contributed by atoms with Crippen molar-refractivity contribution in [3.05, 3.63) is 59.6 Å². The fourth-order valence-corrected chi connectivity index (χ4v) is 2.07. The first-order valence-corrected chi connectivity index (χ1v) is 5.14. The van der Waals surface area contributed by atoms with Crippen LogP contribution in [0, 0.1) is 0 Å². The zero-order valence-corrected chi connectivity index (χ0v) is 9.13. The van der Waals surface area contributed by atoms with Crippen molar-refractivity contribution >= 4 is 5.97 Å². The Kier molecular flexibility index (Phi) is 1.32. The lowest BCUT2D eigenvalue weighted by molar-refractivity contribution is -0.141. The molecule has 0 aliphatic heterocycles. The third-order valence-electron chi connectivity index (χ3n) is 2.79. The van der Waals surface area contributed by atoms with Gasteiger partial charge in [-0.05, 0) is 22.3 Å². The third-order valence-corrected chi connectivity index (χ3v) is 2.79. The van der Waals surface area contributed by atoms with Crippen molar-refractivity contribution < 1.29 is 16.4 Å². The normalized spacial score (nSPS) is 24.6. The van der Waals surface area contributed by atoms with Gasteiger partial charge in [-0.2, -0.15) is 0 Å². The third kappa shape index (κ3) is 1.37. The standard InChI is InChI=1S/C15H12O2/c1-17-15(16)14-12-8-4-2-6-10(12)11-7-3-5-9-13(11)14/h2-9,14H,1H3/i2D,4D,6D,8D,14D. The van der Waals surface area contributed by atoms with Crippen LogP contribution in [-0.4, -0.2) is 13.1 Å². The van der Waals surface area contributed by atoms with Gasteiger partial charge in [0.25, 0.3) is 0 Å². The van der Waals surface area contributed by atoms with E-state index in [1.54, 1.807) is 24.3 Å². The minimum absolute atomic E-state index is 0.0495. The van der Waals surface area contributed by atoms with Crippen LogP contribution in [0.25, 0.3) is 11.1 Å². The maximum atomic E-state index is 12.3. The molecule has 0 saturated heterocycles. The molecule has 0 spiro atoms. The zero-order valence-electron chi connectivity index (χ0n) is 14.1. The van der Waals surface area contributed by atoms with E-state index >= 15 is 0 Å². The molecular formula is C15H12O2. The average Bonchev–Trinajstić information content (AvgIpc) is 2.81. The van der Waals surface area contributed by atoms with Crippen LogP contribution in [0.5, 0.6) is 0 Å². The Morgan fingerprint density at radius 2 is 2.00 bits per heavy atom. The van der Waals surface area contributed by atoms with Crippen LogP contribution in [0.15, 0.2) is 48.4 Å². The molecule has 17 heavy (non-hydrogen) atoms. The monoisotopic (exact) mass is 229 g/mol. The second-order valence-corrected chi connectivity index (χ2v) is 3.66. The molecule has 0 bridgehead atoms. The van der Waals surface area contributed by atoms with Crippen molar-refractivity contribution in [1.29, 1.82) is 0 Å². The van der Waals surface area contributed by atoms with E-state index in [1.807, 2.05) is 0 Å². The second kappa shape index (κ2) is 3.74. The number of methoxy groups -OCH3 is 1. The molecule has 1 atom stereocenters. The van der Waals surface area contributed by atoms with Crippen molar-refractivity contribution in [2.45, 2.75) is 5.89 Å². The predicted octanol–water partition coefficient (Wildman–Crippen LogP) is 2.97. The molecule has 2 aromatic carbocycles. The molecule has 0 radical (unpaired) electrons. The van der Waals surface area contributed by atoms with Gasteiger partial charge >= 0.3 is 5.97 Å². The van der Waals surface area contributed by atoms with Crippen LogP contribution in [0.2, 0.25) is 0 Å². The van der Waals surface area contributed by atoms with E-state index in [1.165, 1.54) is 0 Å². The van der Waals surface area contributed by atoms with Gasteiger partial charge in [-0.1, -0.05) is 48.4 Å². The smallest absolute Gasteiger partial charge is 0.317 e. The molecule has 1 unspecified atom stereocenters. The van der Waals surface area contributed by atoms with Crippen molar-refractivity contribution in [3.8, 4) is 11.1 Å². The highest BCUT2D eigenvalue weighted by Gasteiger charge is 2.33. The van der Waals surface area contributed by atoms with E-state index < -0.39 is 17.9 Å². The van der Waals surface area contributed by atoms with Gasteiger partial charge in [-0.25, -0.2) is 0 Å². The van der Waals surface area contributed by atoms with Crippen molar-refractivity contribution in [1.82, 2.24) is 0 Å². The molecular weight excluding hydrogens is 212 g/mol. The maximum absolute atomic E-state index is 12.3. The van der Waals surface area contributed by atoms with Crippen molar-refractivity contribution in [3.63, 3.8) is 0 Å². The molecule has 1 aliphatic rings. The maximum Gasteiger partial charge on any atom is 0.317 e. The fourth-order valence-electron chi connectivity index (χ4n) is 2.07. The Balaban J connectivity index is 2.53. The van der Waals surface area contributed by atoms with Gasteiger partial charge in [-0.3, -0.25) is 4.79 Å².